The third-order valence-corrected chi connectivity index (χ3v) is 2.76. The fraction of sp³-hybridized carbons (Fsp3) is 0.143. The minimum Gasteiger partial charge on any atom is -0.754 e. The summed E-state index contributed by atoms with van der Waals surface area (Å²) in [5, 5.41) is 4.97. The molecule has 0 aliphatic heterocycles. The highest BCUT2D eigenvalue weighted by Gasteiger charge is 1.98. The monoisotopic (exact) mass is 242 g/mol. The molecule has 1 heterocycles. The average molecular weight is 242 g/mol. The highest BCUT2D eigenvalue weighted by atomic mass is 32.1. The van der Waals surface area contributed by atoms with Crippen molar-refractivity contribution >= 4 is 17.7 Å². The van der Waals surface area contributed by atoms with E-state index in [4.69, 9.17) is 12.6 Å². The van der Waals surface area contributed by atoms with Crippen molar-refractivity contribution in [3.8, 4) is 0 Å². The largest absolute Gasteiger partial charge is 0.754 e. The minimum atomic E-state index is 0.598. The summed E-state index contributed by atoms with van der Waals surface area (Å²) in [6.45, 7) is 4.08. The highest BCUT2D eigenvalue weighted by molar-refractivity contribution is 7.78. The van der Waals surface area contributed by atoms with Gasteiger partial charge in [0.1, 0.15) is 0 Å². The van der Waals surface area contributed by atoms with Gasteiger partial charge in [0.2, 0.25) is 12.4 Å². The Kier molecular flexibility index (Phi) is 3.49. The summed E-state index contributed by atoms with van der Waals surface area (Å²) in [7, 11) is 0. The van der Waals surface area contributed by atoms with Crippen molar-refractivity contribution in [2.45, 2.75) is 13.8 Å². The molecule has 0 radical (unpaired) electrons. The van der Waals surface area contributed by atoms with Crippen LogP contribution in [0.15, 0.2) is 53.9 Å². The van der Waals surface area contributed by atoms with Gasteiger partial charge in [0.15, 0.2) is 0 Å². The second kappa shape index (κ2) is 5.06. The molecular formula is C14H14N2S. The normalized spacial score (nSPS) is 11.5. The summed E-state index contributed by atoms with van der Waals surface area (Å²) < 4.78 is 1.75. The van der Waals surface area contributed by atoms with Gasteiger partial charge in [0.25, 0.3) is 0 Å². The maximum absolute atomic E-state index is 5.30. The van der Waals surface area contributed by atoms with E-state index < -0.39 is 0 Å². The van der Waals surface area contributed by atoms with Crippen molar-refractivity contribution < 1.29 is 4.68 Å². The first kappa shape index (κ1) is 11.7. The molecule has 0 aliphatic carbocycles. The number of pyridine rings is 1. The smallest absolute Gasteiger partial charge is 0.205 e. The first-order valence-corrected chi connectivity index (χ1v) is 5.87. The topological polar surface area (TPSA) is 16.2 Å². The van der Waals surface area contributed by atoms with Crippen LogP contribution in [-0.2, 0) is 12.6 Å². The second-order valence-electron chi connectivity index (χ2n) is 4.03. The zero-order valence-electron chi connectivity index (χ0n) is 9.92. The molecule has 0 fully saturated rings. The number of aromatic nitrogens is 1. The van der Waals surface area contributed by atoms with Gasteiger partial charge < -0.3 is 12.6 Å². The molecular weight excluding hydrogens is 228 g/mol. The maximum atomic E-state index is 5.30. The molecule has 0 unspecified atom stereocenters. The number of hydrogen-bond acceptors (Lipinski definition) is 2. The van der Waals surface area contributed by atoms with Crippen LogP contribution in [0.2, 0.25) is 0 Å². The zero-order valence-corrected chi connectivity index (χ0v) is 10.7. The molecule has 2 nitrogen and oxygen atoms in total. The van der Waals surface area contributed by atoms with Crippen molar-refractivity contribution in [1.82, 2.24) is 0 Å². The lowest BCUT2D eigenvalue weighted by Crippen LogP contribution is -2.28. The Bertz CT molecular complexity index is 544. The van der Waals surface area contributed by atoms with Crippen LogP contribution in [0.1, 0.15) is 16.7 Å². The molecule has 0 N–H and O–H groups in total. The molecule has 0 amide bonds. The van der Waals surface area contributed by atoms with Crippen molar-refractivity contribution in [1.29, 1.82) is 0 Å². The lowest BCUT2D eigenvalue weighted by Gasteiger charge is -2.07. The van der Waals surface area contributed by atoms with E-state index in [0.29, 0.717) is 5.04 Å². The fourth-order valence-corrected chi connectivity index (χ4v) is 1.73. The Morgan fingerprint density at radius 1 is 1.06 bits per heavy atom. The summed E-state index contributed by atoms with van der Waals surface area (Å²) in [6.07, 6.45) is 3.83. The number of hydrogen-bond donors (Lipinski definition) is 0. The molecule has 17 heavy (non-hydrogen) atoms. The third kappa shape index (κ3) is 3.11. The van der Waals surface area contributed by atoms with Crippen LogP contribution in [0.25, 0.3) is 0 Å². The van der Waals surface area contributed by atoms with Gasteiger partial charge >= 0.3 is 0 Å². The SMILES string of the molecule is Cc1ccc(/C([S-])=N\[n+]2cccc(C)c2)cc1. The molecule has 0 bridgehead atoms. The van der Waals surface area contributed by atoms with E-state index in [2.05, 4.69) is 12.0 Å². The molecule has 0 saturated carbocycles. The predicted molar refractivity (Wildman–Crippen MR) is 71.9 cm³/mol. The minimum absolute atomic E-state index is 0.598. The van der Waals surface area contributed by atoms with Crippen molar-refractivity contribution in [2.75, 3.05) is 0 Å². The van der Waals surface area contributed by atoms with E-state index in [-0.39, 0.29) is 0 Å². The van der Waals surface area contributed by atoms with Crippen LogP contribution < -0.4 is 4.68 Å². The molecule has 0 saturated heterocycles. The number of rotatable bonds is 2. The molecule has 2 aromatic rings. The average Bonchev–Trinajstić information content (AvgIpc) is 2.29. The quantitative estimate of drug-likeness (QED) is 0.342. The Morgan fingerprint density at radius 2 is 1.76 bits per heavy atom. The van der Waals surface area contributed by atoms with Gasteiger partial charge in [-0.1, -0.05) is 34.5 Å². The van der Waals surface area contributed by atoms with Gasteiger partial charge in [0.05, 0.1) is 0 Å². The number of benzene rings is 1. The van der Waals surface area contributed by atoms with Gasteiger partial charge in [-0.05, 0) is 35.6 Å². The summed E-state index contributed by atoms with van der Waals surface area (Å²) in [6, 6.07) is 12.1. The van der Waals surface area contributed by atoms with Crippen LogP contribution in [0, 0.1) is 13.8 Å². The lowest BCUT2D eigenvalue weighted by atomic mass is 10.2. The molecule has 0 aliphatic rings. The number of aryl methyl sites for hydroxylation is 2. The fourth-order valence-electron chi connectivity index (χ4n) is 1.50. The van der Waals surface area contributed by atoms with Gasteiger partial charge in [0, 0.05) is 11.6 Å². The third-order valence-electron chi connectivity index (χ3n) is 2.44. The summed E-state index contributed by atoms with van der Waals surface area (Å²) in [4.78, 5) is 0. The Hall–Kier alpha value is -1.74. The van der Waals surface area contributed by atoms with E-state index in [1.807, 2.05) is 55.7 Å². The van der Waals surface area contributed by atoms with Gasteiger partial charge in [-0.3, -0.25) is 0 Å². The van der Waals surface area contributed by atoms with E-state index in [1.165, 1.54) is 5.56 Å². The first-order chi connectivity index (χ1) is 8.15. The van der Waals surface area contributed by atoms with Crippen LogP contribution >= 0.6 is 0 Å². The van der Waals surface area contributed by atoms with Gasteiger partial charge in [-0.2, -0.15) is 0 Å². The standard InChI is InChI=1S/C14H14N2S/c1-11-5-7-13(8-6-11)14(17)15-16-9-3-4-12(2)10-16/h3-10H,1-2H3. The Balaban J connectivity index is 2.30. The van der Waals surface area contributed by atoms with Crippen LogP contribution in [-0.4, -0.2) is 5.04 Å². The van der Waals surface area contributed by atoms with Crippen molar-refractivity contribution in [3.63, 3.8) is 0 Å². The Morgan fingerprint density at radius 3 is 2.41 bits per heavy atom. The van der Waals surface area contributed by atoms with Crippen molar-refractivity contribution in [3.05, 3.63) is 65.5 Å². The van der Waals surface area contributed by atoms with E-state index in [9.17, 15) is 0 Å². The van der Waals surface area contributed by atoms with Crippen LogP contribution in [0.5, 0.6) is 0 Å². The summed E-state index contributed by atoms with van der Waals surface area (Å²) >= 11 is 5.30. The van der Waals surface area contributed by atoms with Crippen LogP contribution in [0.3, 0.4) is 0 Å². The highest BCUT2D eigenvalue weighted by Crippen LogP contribution is 2.03. The second-order valence-corrected chi connectivity index (χ2v) is 4.42. The molecule has 0 atom stereocenters. The summed E-state index contributed by atoms with van der Waals surface area (Å²) in [5.41, 5.74) is 3.35. The molecule has 3 heteroatoms. The Labute approximate surface area is 107 Å². The molecule has 0 spiro atoms. The van der Waals surface area contributed by atoms with E-state index in [1.54, 1.807) is 4.68 Å². The van der Waals surface area contributed by atoms with E-state index in [0.717, 1.165) is 11.1 Å². The van der Waals surface area contributed by atoms with Crippen LogP contribution in [0.4, 0.5) is 0 Å². The predicted octanol–water partition coefficient (Wildman–Crippen LogP) is 2.35. The molecule has 2 rings (SSSR count). The maximum Gasteiger partial charge on any atom is 0.205 e. The summed E-state index contributed by atoms with van der Waals surface area (Å²) in [5.74, 6) is 0. The molecule has 1 aromatic carbocycles. The number of nitrogens with zero attached hydrogens (tertiary/aromatic N) is 2. The van der Waals surface area contributed by atoms with Gasteiger partial charge in [-0.15, -0.1) is 0 Å². The van der Waals surface area contributed by atoms with Gasteiger partial charge in [-0.25, -0.2) is 0 Å². The molecule has 86 valence electrons. The lowest BCUT2D eigenvalue weighted by molar-refractivity contribution is -0.678. The van der Waals surface area contributed by atoms with E-state index >= 15 is 0 Å². The zero-order chi connectivity index (χ0) is 12.3. The molecule has 1 aromatic heterocycles. The first-order valence-electron chi connectivity index (χ1n) is 5.46. The van der Waals surface area contributed by atoms with Crippen molar-refractivity contribution in [2.24, 2.45) is 5.10 Å².